The number of hydrogen-bond donors (Lipinski definition) is 2. The van der Waals surface area contributed by atoms with E-state index in [1.165, 1.54) is 0 Å². The molecule has 1 atom stereocenters. The maximum atomic E-state index is 8.99. The van der Waals surface area contributed by atoms with E-state index in [0.29, 0.717) is 18.3 Å². The summed E-state index contributed by atoms with van der Waals surface area (Å²) in [6, 6.07) is 0.132. The van der Waals surface area contributed by atoms with Gasteiger partial charge in [0.05, 0.1) is 0 Å². The molecular formula is C12H22ClN5O. The standard InChI is InChI=1S/C12H22ClN5O/c1-4-9(7-8-19)14-11-15-10(13)16-12(17-11)18(5-2)6-3/h9,19H,4-8H2,1-3H3,(H,14,15,16,17). The molecule has 0 aliphatic carbocycles. The van der Waals surface area contributed by atoms with Crippen molar-refractivity contribution >= 4 is 23.5 Å². The van der Waals surface area contributed by atoms with Crippen molar-refractivity contribution in [1.29, 1.82) is 0 Å². The van der Waals surface area contributed by atoms with Crippen LogP contribution in [-0.2, 0) is 0 Å². The molecule has 1 rings (SSSR count). The Bertz CT molecular complexity index is 386. The minimum absolute atomic E-state index is 0.132. The summed E-state index contributed by atoms with van der Waals surface area (Å²) in [6.07, 6.45) is 1.53. The highest BCUT2D eigenvalue weighted by Gasteiger charge is 2.12. The van der Waals surface area contributed by atoms with Gasteiger partial charge in [0, 0.05) is 25.7 Å². The molecule has 0 fully saturated rings. The van der Waals surface area contributed by atoms with E-state index in [1.54, 1.807) is 0 Å². The lowest BCUT2D eigenvalue weighted by molar-refractivity contribution is 0.278. The van der Waals surface area contributed by atoms with Gasteiger partial charge >= 0.3 is 0 Å². The first kappa shape index (κ1) is 15.9. The second-order valence-corrected chi connectivity index (χ2v) is 4.50. The summed E-state index contributed by atoms with van der Waals surface area (Å²) in [5, 5.41) is 12.4. The minimum atomic E-state index is 0.132. The predicted octanol–water partition coefficient (Wildman–Crippen LogP) is 1.94. The summed E-state index contributed by atoms with van der Waals surface area (Å²) >= 11 is 5.93. The van der Waals surface area contributed by atoms with Crippen LogP contribution in [-0.4, -0.2) is 45.8 Å². The molecule has 0 aliphatic heterocycles. The monoisotopic (exact) mass is 287 g/mol. The summed E-state index contributed by atoms with van der Waals surface area (Å²) in [6.45, 7) is 7.87. The van der Waals surface area contributed by atoms with Gasteiger partial charge in [0.15, 0.2) is 0 Å². The van der Waals surface area contributed by atoms with Gasteiger partial charge in [0.2, 0.25) is 17.2 Å². The first-order valence-corrected chi connectivity index (χ1v) is 7.06. The van der Waals surface area contributed by atoms with Crippen molar-refractivity contribution in [1.82, 2.24) is 15.0 Å². The van der Waals surface area contributed by atoms with E-state index in [9.17, 15) is 0 Å². The lowest BCUT2D eigenvalue weighted by Crippen LogP contribution is -2.26. The molecule has 2 N–H and O–H groups in total. The summed E-state index contributed by atoms with van der Waals surface area (Å²) < 4.78 is 0. The molecule has 0 saturated heterocycles. The maximum absolute atomic E-state index is 8.99. The van der Waals surface area contributed by atoms with Gasteiger partial charge < -0.3 is 15.3 Å². The van der Waals surface area contributed by atoms with Crippen LogP contribution in [0.2, 0.25) is 5.28 Å². The summed E-state index contributed by atoms with van der Waals surface area (Å²) in [5.74, 6) is 1.04. The fraction of sp³-hybridized carbons (Fsp3) is 0.750. The third-order valence-corrected chi connectivity index (χ3v) is 3.12. The summed E-state index contributed by atoms with van der Waals surface area (Å²) in [4.78, 5) is 14.6. The largest absolute Gasteiger partial charge is 0.396 e. The Kier molecular flexibility index (Phi) is 6.80. The van der Waals surface area contributed by atoms with Crippen LogP contribution in [0.4, 0.5) is 11.9 Å². The van der Waals surface area contributed by atoms with Gasteiger partial charge in [-0.05, 0) is 38.3 Å². The predicted molar refractivity (Wildman–Crippen MR) is 77.8 cm³/mol. The van der Waals surface area contributed by atoms with Gasteiger partial charge in [-0.2, -0.15) is 15.0 Å². The van der Waals surface area contributed by atoms with E-state index < -0.39 is 0 Å². The molecular weight excluding hydrogens is 266 g/mol. The van der Waals surface area contributed by atoms with Gasteiger partial charge in [-0.3, -0.25) is 0 Å². The van der Waals surface area contributed by atoms with E-state index >= 15 is 0 Å². The van der Waals surface area contributed by atoms with Crippen LogP contribution in [0.5, 0.6) is 0 Å². The third-order valence-electron chi connectivity index (χ3n) is 2.95. The molecule has 1 aromatic heterocycles. The zero-order valence-corrected chi connectivity index (χ0v) is 12.5. The van der Waals surface area contributed by atoms with Gasteiger partial charge in [0.1, 0.15) is 0 Å². The molecule has 1 unspecified atom stereocenters. The Labute approximate surface area is 119 Å². The number of aliphatic hydroxyl groups is 1. The van der Waals surface area contributed by atoms with E-state index in [0.717, 1.165) is 19.5 Å². The Hall–Kier alpha value is -1.14. The topological polar surface area (TPSA) is 74.2 Å². The second-order valence-electron chi connectivity index (χ2n) is 4.16. The van der Waals surface area contributed by atoms with Crippen molar-refractivity contribution in [2.75, 3.05) is 29.9 Å². The number of halogens is 1. The lowest BCUT2D eigenvalue weighted by atomic mass is 10.2. The fourth-order valence-electron chi connectivity index (χ4n) is 1.77. The van der Waals surface area contributed by atoms with Crippen LogP contribution >= 0.6 is 11.6 Å². The molecule has 19 heavy (non-hydrogen) atoms. The van der Waals surface area contributed by atoms with Crippen LogP contribution in [0.1, 0.15) is 33.6 Å². The van der Waals surface area contributed by atoms with E-state index in [4.69, 9.17) is 16.7 Å². The van der Waals surface area contributed by atoms with Gasteiger partial charge in [-0.1, -0.05) is 6.92 Å². The maximum Gasteiger partial charge on any atom is 0.231 e. The highest BCUT2D eigenvalue weighted by Crippen LogP contribution is 2.15. The Morgan fingerprint density at radius 1 is 1.21 bits per heavy atom. The van der Waals surface area contributed by atoms with Crippen LogP contribution < -0.4 is 10.2 Å². The van der Waals surface area contributed by atoms with Crippen LogP contribution in [0.15, 0.2) is 0 Å². The first-order valence-electron chi connectivity index (χ1n) is 6.68. The molecule has 0 aliphatic rings. The average Bonchev–Trinajstić information content (AvgIpc) is 2.39. The Morgan fingerprint density at radius 3 is 2.42 bits per heavy atom. The van der Waals surface area contributed by atoms with E-state index in [-0.39, 0.29) is 17.9 Å². The Morgan fingerprint density at radius 2 is 1.89 bits per heavy atom. The molecule has 0 bridgehead atoms. The number of anilines is 2. The number of nitrogens with one attached hydrogen (secondary N) is 1. The van der Waals surface area contributed by atoms with Crippen molar-refractivity contribution < 1.29 is 5.11 Å². The molecule has 1 heterocycles. The van der Waals surface area contributed by atoms with Crippen molar-refractivity contribution in [3.8, 4) is 0 Å². The molecule has 0 amide bonds. The molecule has 0 aromatic carbocycles. The normalized spacial score (nSPS) is 12.3. The molecule has 6 nitrogen and oxygen atoms in total. The zero-order valence-electron chi connectivity index (χ0n) is 11.7. The molecule has 0 saturated carbocycles. The highest BCUT2D eigenvalue weighted by atomic mass is 35.5. The number of hydrogen-bond acceptors (Lipinski definition) is 6. The van der Waals surface area contributed by atoms with Gasteiger partial charge in [-0.15, -0.1) is 0 Å². The van der Waals surface area contributed by atoms with Crippen molar-refractivity contribution in [3.63, 3.8) is 0 Å². The first-order chi connectivity index (χ1) is 9.14. The quantitative estimate of drug-likeness (QED) is 0.761. The minimum Gasteiger partial charge on any atom is -0.396 e. The Balaban J connectivity index is 2.89. The number of aromatic nitrogens is 3. The molecule has 0 radical (unpaired) electrons. The fourth-order valence-corrected chi connectivity index (χ4v) is 1.92. The molecule has 108 valence electrons. The lowest BCUT2D eigenvalue weighted by Gasteiger charge is -2.20. The molecule has 7 heteroatoms. The number of aliphatic hydroxyl groups excluding tert-OH is 1. The zero-order chi connectivity index (χ0) is 14.3. The number of nitrogens with zero attached hydrogens (tertiary/aromatic N) is 4. The van der Waals surface area contributed by atoms with Crippen molar-refractivity contribution in [2.24, 2.45) is 0 Å². The second kappa shape index (κ2) is 8.12. The van der Waals surface area contributed by atoms with Crippen LogP contribution in [0.25, 0.3) is 0 Å². The van der Waals surface area contributed by atoms with Gasteiger partial charge in [-0.25, -0.2) is 0 Å². The van der Waals surface area contributed by atoms with Gasteiger partial charge in [0.25, 0.3) is 0 Å². The SMILES string of the molecule is CCC(CCO)Nc1nc(Cl)nc(N(CC)CC)n1. The van der Waals surface area contributed by atoms with Crippen LogP contribution in [0.3, 0.4) is 0 Å². The molecule has 1 aromatic rings. The summed E-state index contributed by atoms with van der Waals surface area (Å²) in [5.41, 5.74) is 0. The average molecular weight is 288 g/mol. The smallest absolute Gasteiger partial charge is 0.231 e. The van der Waals surface area contributed by atoms with E-state index in [2.05, 4.69) is 20.3 Å². The van der Waals surface area contributed by atoms with Crippen LogP contribution in [0, 0.1) is 0 Å². The molecule has 0 spiro atoms. The highest BCUT2D eigenvalue weighted by molar-refractivity contribution is 6.28. The summed E-state index contributed by atoms with van der Waals surface area (Å²) in [7, 11) is 0. The van der Waals surface area contributed by atoms with Crippen molar-refractivity contribution in [3.05, 3.63) is 5.28 Å². The van der Waals surface area contributed by atoms with E-state index in [1.807, 2.05) is 25.7 Å². The third kappa shape index (κ3) is 4.80. The number of rotatable bonds is 8. The van der Waals surface area contributed by atoms with Crippen molar-refractivity contribution in [2.45, 2.75) is 39.7 Å².